The van der Waals surface area contributed by atoms with Gasteiger partial charge < -0.3 is 14.7 Å². The molecule has 1 aliphatic heterocycles. The average molecular weight is 312 g/mol. The van der Waals surface area contributed by atoms with Gasteiger partial charge in [-0.25, -0.2) is 4.98 Å². The molecule has 0 aliphatic carbocycles. The number of hydrogen-bond donors (Lipinski definition) is 1. The molecule has 1 fully saturated rings. The lowest BCUT2D eigenvalue weighted by Crippen LogP contribution is -2.29. The van der Waals surface area contributed by atoms with E-state index in [-0.39, 0.29) is 12.2 Å². The van der Waals surface area contributed by atoms with Gasteiger partial charge in [0.1, 0.15) is 11.9 Å². The largest absolute Gasteiger partial charge is 0.388 e. The van der Waals surface area contributed by atoms with E-state index < -0.39 is 6.10 Å². The van der Waals surface area contributed by atoms with E-state index in [9.17, 15) is 5.11 Å². The van der Waals surface area contributed by atoms with Crippen LogP contribution in [0.2, 0.25) is 0 Å². The second kappa shape index (κ2) is 7.11. The first-order chi connectivity index (χ1) is 11.1. The fourth-order valence-corrected chi connectivity index (χ4v) is 2.97. The molecule has 2 aromatic rings. The topological polar surface area (TPSA) is 45.6 Å². The van der Waals surface area contributed by atoms with Gasteiger partial charge in [0.05, 0.1) is 12.2 Å². The van der Waals surface area contributed by atoms with E-state index in [4.69, 9.17) is 9.72 Å². The Bertz CT molecular complexity index is 630. The van der Waals surface area contributed by atoms with Crippen molar-refractivity contribution in [3.8, 4) is 0 Å². The molecule has 2 heterocycles. The van der Waals surface area contributed by atoms with E-state index in [2.05, 4.69) is 17.0 Å². The first-order valence-corrected chi connectivity index (χ1v) is 8.20. The second-order valence-electron chi connectivity index (χ2n) is 6.35. The maximum absolute atomic E-state index is 10.2. The Kier molecular flexibility index (Phi) is 4.94. The fraction of sp³-hybridized carbons (Fsp3) is 0.421. The molecular weight excluding hydrogens is 288 g/mol. The highest BCUT2D eigenvalue weighted by Crippen LogP contribution is 2.22. The Labute approximate surface area is 137 Å². The van der Waals surface area contributed by atoms with Gasteiger partial charge >= 0.3 is 0 Å². The molecule has 122 valence electrons. The zero-order chi connectivity index (χ0) is 16.2. The van der Waals surface area contributed by atoms with Crippen molar-refractivity contribution in [3.05, 3.63) is 59.8 Å². The summed E-state index contributed by atoms with van der Waals surface area (Å²) in [5.41, 5.74) is 2.29. The van der Waals surface area contributed by atoms with Gasteiger partial charge in [0.25, 0.3) is 0 Å². The number of pyridine rings is 1. The van der Waals surface area contributed by atoms with E-state index in [0.29, 0.717) is 13.1 Å². The van der Waals surface area contributed by atoms with Crippen LogP contribution in [0.3, 0.4) is 0 Å². The maximum Gasteiger partial charge on any atom is 0.128 e. The van der Waals surface area contributed by atoms with Crippen molar-refractivity contribution in [2.75, 3.05) is 18.0 Å². The van der Waals surface area contributed by atoms with Crippen LogP contribution in [0.5, 0.6) is 0 Å². The summed E-state index contributed by atoms with van der Waals surface area (Å²) in [6.07, 6.45) is 0.329. The van der Waals surface area contributed by atoms with Gasteiger partial charge in [0.15, 0.2) is 0 Å². The Morgan fingerprint density at radius 1 is 1.13 bits per heavy atom. The van der Waals surface area contributed by atoms with Crippen molar-refractivity contribution in [1.82, 2.24) is 4.98 Å². The summed E-state index contributed by atoms with van der Waals surface area (Å²) in [6, 6.07) is 16.4. The number of aliphatic hydroxyl groups excluding tert-OH is 1. The molecule has 4 nitrogen and oxygen atoms in total. The van der Waals surface area contributed by atoms with Gasteiger partial charge in [-0.2, -0.15) is 0 Å². The Balaban J connectivity index is 1.70. The first kappa shape index (κ1) is 16.0. The lowest BCUT2D eigenvalue weighted by atomic mass is 10.1. The molecule has 0 radical (unpaired) electrons. The Hall–Kier alpha value is -1.91. The predicted molar refractivity (Wildman–Crippen MR) is 91.7 cm³/mol. The number of rotatable bonds is 5. The molecule has 0 bridgehead atoms. The van der Waals surface area contributed by atoms with Crippen molar-refractivity contribution in [2.45, 2.75) is 38.6 Å². The van der Waals surface area contributed by atoms with Crippen molar-refractivity contribution in [3.63, 3.8) is 0 Å². The molecule has 1 aromatic carbocycles. The molecule has 23 heavy (non-hydrogen) atoms. The third-order valence-electron chi connectivity index (χ3n) is 4.03. The summed E-state index contributed by atoms with van der Waals surface area (Å²) < 4.78 is 5.78. The van der Waals surface area contributed by atoms with Crippen LogP contribution >= 0.6 is 0 Å². The van der Waals surface area contributed by atoms with Crippen molar-refractivity contribution >= 4 is 5.82 Å². The Morgan fingerprint density at radius 2 is 1.91 bits per heavy atom. The molecule has 0 saturated carbocycles. The lowest BCUT2D eigenvalue weighted by molar-refractivity contribution is -0.0386. The van der Waals surface area contributed by atoms with E-state index >= 15 is 0 Å². The zero-order valence-corrected chi connectivity index (χ0v) is 13.7. The highest BCUT2D eigenvalue weighted by atomic mass is 16.5. The van der Waals surface area contributed by atoms with Gasteiger partial charge in [0, 0.05) is 25.2 Å². The molecular formula is C19H24N2O2. The van der Waals surface area contributed by atoms with Crippen molar-refractivity contribution < 1.29 is 9.84 Å². The normalized spacial score (nSPS) is 21.1. The summed E-state index contributed by atoms with van der Waals surface area (Å²) in [5.74, 6) is 0.910. The van der Waals surface area contributed by atoms with Crippen LogP contribution in [0.1, 0.15) is 25.1 Å². The number of ether oxygens (including phenoxy) is 1. The quantitative estimate of drug-likeness (QED) is 0.922. The molecule has 2 atom stereocenters. The van der Waals surface area contributed by atoms with Crippen molar-refractivity contribution in [2.24, 2.45) is 0 Å². The predicted octanol–water partition coefficient (Wildman–Crippen LogP) is 2.65. The zero-order valence-electron chi connectivity index (χ0n) is 13.7. The molecule has 1 aliphatic rings. The number of benzene rings is 1. The molecule has 0 spiro atoms. The van der Waals surface area contributed by atoms with Crippen LogP contribution in [-0.4, -0.2) is 41.5 Å². The van der Waals surface area contributed by atoms with E-state index in [1.54, 1.807) is 0 Å². The number of aromatic nitrogens is 1. The van der Waals surface area contributed by atoms with Crippen LogP contribution < -0.4 is 4.90 Å². The minimum Gasteiger partial charge on any atom is -0.388 e. The maximum atomic E-state index is 10.2. The highest BCUT2D eigenvalue weighted by molar-refractivity contribution is 5.42. The monoisotopic (exact) mass is 312 g/mol. The molecule has 1 aromatic heterocycles. The van der Waals surface area contributed by atoms with Crippen LogP contribution in [0.25, 0.3) is 0 Å². The molecule has 0 amide bonds. The standard InChI is InChI=1S/C19H24N2O2/c1-14(2)23-18-13-21(12-17(18)22)19-10-6-9-16(20-19)11-15-7-4-3-5-8-15/h3-10,14,17-18,22H,11-13H2,1-2H3/t17-,18+/m0/s1. The number of aliphatic hydroxyl groups is 1. The summed E-state index contributed by atoms with van der Waals surface area (Å²) in [7, 11) is 0. The molecule has 4 heteroatoms. The van der Waals surface area contributed by atoms with Crippen LogP contribution in [0.15, 0.2) is 48.5 Å². The first-order valence-electron chi connectivity index (χ1n) is 8.20. The SMILES string of the molecule is CC(C)O[C@@H]1CN(c2cccc(Cc3ccccc3)n2)C[C@@H]1O. The average Bonchev–Trinajstić information content (AvgIpc) is 2.89. The molecule has 3 rings (SSSR count). The Morgan fingerprint density at radius 3 is 2.65 bits per heavy atom. The van der Waals surface area contributed by atoms with Gasteiger partial charge in [-0.3, -0.25) is 0 Å². The van der Waals surface area contributed by atoms with Gasteiger partial charge in [-0.15, -0.1) is 0 Å². The minimum atomic E-state index is -0.461. The summed E-state index contributed by atoms with van der Waals surface area (Å²) >= 11 is 0. The van der Waals surface area contributed by atoms with E-state index in [0.717, 1.165) is 17.9 Å². The van der Waals surface area contributed by atoms with Gasteiger partial charge in [0.2, 0.25) is 0 Å². The molecule has 1 N–H and O–H groups in total. The summed E-state index contributed by atoms with van der Waals surface area (Å²) in [6.45, 7) is 5.24. The van der Waals surface area contributed by atoms with Crippen LogP contribution in [0.4, 0.5) is 5.82 Å². The number of nitrogens with zero attached hydrogens (tertiary/aromatic N) is 2. The number of anilines is 1. The third kappa shape index (κ3) is 4.09. The highest BCUT2D eigenvalue weighted by Gasteiger charge is 2.33. The van der Waals surface area contributed by atoms with Crippen LogP contribution in [0, 0.1) is 0 Å². The number of β-amino-alcohol motifs (C(OH)–C–C–N with tert-alkyl or cyclic N) is 1. The second-order valence-corrected chi connectivity index (χ2v) is 6.35. The van der Waals surface area contributed by atoms with E-state index in [1.165, 1.54) is 5.56 Å². The number of hydrogen-bond acceptors (Lipinski definition) is 4. The summed E-state index contributed by atoms with van der Waals surface area (Å²) in [5, 5.41) is 10.2. The van der Waals surface area contributed by atoms with Crippen LogP contribution in [-0.2, 0) is 11.2 Å². The smallest absolute Gasteiger partial charge is 0.128 e. The minimum absolute atomic E-state index is 0.118. The fourth-order valence-electron chi connectivity index (χ4n) is 2.97. The summed E-state index contributed by atoms with van der Waals surface area (Å²) in [4.78, 5) is 6.86. The van der Waals surface area contributed by atoms with Gasteiger partial charge in [-0.1, -0.05) is 36.4 Å². The third-order valence-corrected chi connectivity index (χ3v) is 4.03. The molecule has 0 unspecified atom stereocenters. The lowest BCUT2D eigenvalue weighted by Gasteiger charge is -2.19. The van der Waals surface area contributed by atoms with Gasteiger partial charge in [-0.05, 0) is 31.5 Å². The van der Waals surface area contributed by atoms with Crippen molar-refractivity contribution in [1.29, 1.82) is 0 Å². The van der Waals surface area contributed by atoms with E-state index in [1.807, 2.05) is 50.2 Å². The molecule has 1 saturated heterocycles.